The fourth-order valence-corrected chi connectivity index (χ4v) is 2.42. The lowest BCUT2D eigenvalue weighted by Crippen LogP contribution is -2.37. The predicted octanol–water partition coefficient (Wildman–Crippen LogP) is 2.36. The molecule has 1 aromatic heterocycles. The number of benzene rings is 1. The number of ether oxygens (including phenoxy) is 3. The number of nitrogens with zero attached hydrogens (tertiary/aromatic N) is 2. The summed E-state index contributed by atoms with van der Waals surface area (Å²) in [6.07, 6.45) is 1.77. The van der Waals surface area contributed by atoms with Gasteiger partial charge in [0.05, 0.1) is 40.1 Å². The molecule has 0 aliphatic rings. The van der Waals surface area contributed by atoms with E-state index in [-0.39, 0.29) is 0 Å². The number of pyridine rings is 1. The van der Waals surface area contributed by atoms with Gasteiger partial charge in [0.1, 0.15) is 0 Å². The van der Waals surface area contributed by atoms with Crippen molar-refractivity contribution in [1.82, 2.24) is 15.6 Å². The molecule has 2 N–H and O–H groups in total. The van der Waals surface area contributed by atoms with Crippen molar-refractivity contribution < 1.29 is 14.2 Å². The van der Waals surface area contributed by atoms with Crippen LogP contribution in [0.2, 0.25) is 0 Å². The molecule has 2 aromatic rings. The molecule has 1 heterocycles. The van der Waals surface area contributed by atoms with Gasteiger partial charge in [0.2, 0.25) is 5.75 Å². The molecule has 0 atom stereocenters. The fraction of sp³-hybridized carbons (Fsp3) is 0.368. The van der Waals surface area contributed by atoms with Gasteiger partial charge in [-0.05, 0) is 36.8 Å². The van der Waals surface area contributed by atoms with E-state index in [9.17, 15) is 0 Å². The number of hydrogen-bond acceptors (Lipinski definition) is 5. The molecular weight excluding hydrogens is 332 g/mol. The maximum absolute atomic E-state index is 5.39. The van der Waals surface area contributed by atoms with Crippen molar-refractivity contribution >= 4 is 5.96 Å². The van der Waals surface area contributed by atoms with Crippen LogP contribution >= 0.6 is 0 Å². The van der Waals surface area contributed by atoms with Crippen LogP contribution in [0.3, 0.4) is 0 Å². The first-order valence-electron chi connectivity index (χ1n) is 8.42. The average Bonchev–Trinajstić information content (AvgIpc) is 2.69. The summed E-state index contributed by atoms with van der Waals surface area (Å²) in [7, 11) is 4.79. The number of methoxy groups -OCH3 is 3. The molecule has 1 aromatic carbocycles. The maximum atomic E-state index is 5.39. The van der Waals surface area contributed by atoms with Crippen molar-refractivity contribution in [3.8, 4) is 17.2 Å². The summed E-state index contributed by atoms with van der Waals surface area (Å²) in [6.45, 7) is 3.86. The quantitative estimate of drug-likeness (QED) is 0.557. The van der Waals surface area contributed by atoms with Gasteiger partial charge in [-0.1, -0.05) is 6.07 Å². The normalized spacial score (nSPS) is 11.0. The van der Waals surface area contributed by atoms with E-state index >= 15 is 0 Å². The van der Waals surface area contributed by atoms with E-state index in [0.717, 1.165) is 17.8 Å². The number of hydrogen-bond donors (Lipinski definition) is 2. The molecule has 0 saturated carbocycles. The molecule has 0 radical (unpaired) electrons. The summed E-state index contributed by atoms with van der Waals surface area (Å²) in [6, 6.07) is 9.62. The van der Waals surface area contributed by atoms with Crippen LogP contribution in [0.25, 0.3) is 0 Å². The number of rotatable bonds is 8. The zero-order chi connectivity index (χ0) is 18.8. The third-order valence-corrected chi connectivity index (χ3v) is 3.65. The predicted molar refractivity (Wildman–Crippen MR) is 102 cm³/mol. The van der Waals surface area contributed by atoms with Crippen LogP contribution in [-0.4, -0.2) is 38.8 Å². The molecule has 140 valence electrons. The van der Waals surface area contributed by atoms with E-state index < -0.39 is 0 Å². The molecule has 0 amide bonds. The highest BCUT2D eigenvalue weighted by atomic mass is 16.5. The molecule has 0 aliphatic carbocycles. The first-order valence-corrected chi connectivity index (χ1v) is 8.42. The minimum absolute atomic E-state index is 0.467. The number of nitrogens with one attached hydrogen (secondary N) is 2. The zero-order valence-electron chi connectivity index (χ0n) is 15.7. The van der Waals surface area contributed by atoms with Crippen LogP contribution in [0.1, 0.15) is 18.2 Å². The smallest absolute Gasteiger partial charge is 0.203 e. The largest absolute Gasteiger partial charge is 0.493 e. The summed E-state index contributed by atoms with van der Waals surface area (Å²) in [5, 5.41) is 6.50. The summed E-state index contributed by atoms with van der Waals surface area (Å²) in [4.78, 5) is 8.92. The van der Waals surface area contributed by atoms with Gasteiger partial charge >= 0.3 is 0 Å². The second-order valence-corrected chi connectivity index (χ2v) is 5.40. The Balaban J connectivity index is 2.13. The highest BCUT2D eigenvalue weighted by Gasteiger charge is 2.13. The van der Waals surface area contributed by atoms with Gasteiger partial charge in [0.15, 0.2) is 17.5 Å². The van der Waals surface area contributed by atoms with Crippen molar-refractivity contribution in [3.05, 3.63) is 47.8 Å². The molecule has 2 rings (SSSR count). The Kier molecular flexibility index (Phi) is 7.54. The summed E-state index contributed by atoms with van der Waals surface area (Å²) in [5.41, 5.74) is 1.90. The number of aromatic nitrogens is 1. The molecule has 0 spiro atoms. The van der Waals surface area contributed by atoms with Gasteiger partial charge in [-0.25, -0.2) is 4.99 Å². The molecule has 7 nitrogen and oxygen atoms in total. The van der Waals surface area contributed by atoms with Gasteiger partial charge in [-0.15, -0.1) is 0 Å². The molecule has 0 saturated heterocycles. The third kappa shape index (κ3) is 5.27. The molecule has 0 fully saturated rings. The lowest BCUT2D eigenvalue weighted by atomic mass is 10.2. The van der Waals surface area contributed by atoms with Crippen molar-refractivity contribution in [3.63, 3.8) is 0 Å². The van der Waals surface area contributed by atoms with Gasteiger partial charge in [-0.2, -0.15) is 0 Å². The molecule has 0 aliphatic heterocycles. The maximum Gasteiger partial charge on any atom is 0.203 e. The highest BCUT2D eigenvalue weighted by molar-refractivity contribution is 5.79. The van der Waals surface area contributed by atoms with E-state index in [0.29, 0.717) is 36.3 Å². The van der Waals surface area contributed by atoms with E-state index in [2.05, 4.69) is 20.6 Å². The summed E-state index contributed by atoms with van der Waals surface area (Å²) in [5.74, 6) is 2.52. The van der Waals surface area contributed by atoms with Gasteiger partial charge in [0.25, 0.3) is 0 Å². The number of aliphatic imine (C=N–C) groups is 1. The van der Waals surface area contributed by atoms with Crippen LogP contribution in [0.4, 0.5) is 0 Å². The molecule has 26 heavy (non-hydrogen) atoms. The van der Waals surface area contributed by atoms with E-state index in [1.54, 1.807) is 27.5 Å². The summed E-state index contributed by atoms with van der Waals surface area (Å²) < 4.78 is 16.1. The molecule has 7 heteroatoms. The second-order valence-electron chi connectivity index (χ2n) is 5.40. The molecule has 0 bridgehead atoms. The Bertz CT molecular complexity index is 695. The lowest BCUT2D eigenvalue weighted by molar-refractivity contribution is 0.324. The van der Waals surface area contributed by atoms with Crippen LogP contribution < -0.4 is 24.8 Å². The van der Waals surface area contributed by atoms with Crippen LogP contribution in [0.15, 0.2) is 41.5 Å². The van der Waals surface area contributed by atoms with Gasteiger partial charge in [0, 0.05) is 12.7 Å². The Morgan fingerprint density at radius 1 is 1.04 bits per heavy atom. The SMILES string of the molecule is CCNC(=NCc1cc(OC)c(OC)c(OC)c1)NCc1ccccn1. The van der Waals surface area contributed by atoms with Gasteiger partial charge < -0.3 is 24.8 Å². The van der Waals surface area contributed by atoms with Crippen LogP contribution in [-0.2, 0) is 13.1 Å². The first kappa shape index (κ1) is 19.4. The van der Waals surface area contributed by atoms with Gasteiger partial charge in [-0.3, -0.25) is 4.98 Å². The monoisotopic (exact) mass is 358 g/mol. The first-order chi connectivity index (χ1) is 12.7. The summed E-state index contributed by atoms with van der Waals surface area (Å²) >= 11 is 0. The van der Waals surface area contributed by atoms with Crippen molar-refractivity contribution in [2.24, 2.45) is 4.99 Å². The Morgan fingerprint density at radius 2 is 1.77 bits per heavy atom. The number of guanidine groups is 1. The minimum atomic E-state index is 0.467. The fourth-order valence-electron chi connectivity index (χ4n) is 2.42. The second kappa shape index (κ2) is 10.1. The van der Waals surface area contributed by atoms with E-state index in [4.69, 9.17) is 14.2 Å². The minimum Gasteiger partial charge on any atom is -0.493 e. The molecule has 0 unspecified atom stereocenters. The van der Waals surface area contributed by atoms with Crippen molar-refractivity contribution in [2.75, 3.05) is 27.9 Å². The molecular formula is C19H26N4O3. The Labute approximate surface area is 154 Å². The van der Waals surface area contributed by atoms with Crippen molar-refractivity contribution in [1.29, 1.82) is 0 Å². The zero-order valence-corrected chi connectivity index (χ0v) is 15.7. The average molecular weight is 358 g/mol. The van der Waals surface area contributed by atoms with E-state index in [1.165, 1.54) is 0 Å². The standard InChI is InChI=1S/C19H26N4O3/c1-5-20-19(23-13-15-8-6-7-9-21-15)22-12-14-10-16(24-2)18(26-4)17(11-14)25-3/h6-11H,5,12-13H2,1-4H3,(H2,20,22,23). The topological polar surface area (TPSA) is 77.0 Å². The van der Waals surface area contributed by atoms with Crippen LogP contribution in [0, 0.1) is 0 Å². The lowest BCUT2D eigenvalue weighted by Gasteiger charge is -2.14. The van der Waals surface area contributed by atoms with Crippen molar-refractivity contribution in [2.45, 2.75) is 20.0 Å². The van der Waals surface area contributed by atoms with E-state index in [1.807, 2.05) is 37.3 Å². The van der Waals surface area contributed by atoms with Crippen LogP contribution in [0.5, 0.6) is 17.2 Å². The Hall–Kier alpha value is -2.96. The Morgan fingerprint density at radius 3 is 2.31 bits per heavy atom. The third-order valence-electron chi connectivity index (χ3n) is 3.65. The highest BCUT2D eigenvalue weighted by Crippen LogP contribution is 2.38.